The van der Waals surface area contributed by atoms with Crippen LogP contribution in [0.3, 0.4) is 0 Å². The molecule has 0 bridgehead atoms. The van der Waals surface area contributed by atoms with Crippen molar-refractivity contribution in [3.63, 3.8) is 0 Å². The van der Waals surface area contributed by atoms with Crippen LogP contribution in [0, 0.1) is 5.92 Å². The highest BCUT2D eigenvalue weighted by Gasteiger charge is 2.09. The van der Waals surface area contributed by atoms with Crippen LogP contribution in [0.4, 0.5) is 0 Å². The Labute approximate surface area is 88.2 Å². The van der Waals surface area contributed by atoms with Crippen molar-refractivity contribution >= 4 is 23.1 Å². The Bertz CT molecular complexity index is 255. The van der Waals surface area contributed by atoms with E-state index in [1.165, 1.54) is 4.21 Å². The predicted molar refractivity (Wildman–Crippen MR) is 60.4 cm³/mol. The smallest absolute Gasteiger partial charge is 0.0774 e. The standard InChI is InChI=1S/C10H16OS2/c1-7(2)8(3)12-10-5-4-9(6-11)13-10/h4-5,7-8,11H,6H2,1-3H3. The zero-order chi connectivity index (χ0) is 9.84. The second-order valence-corrected chi connectivity index (χ2v) is 6.29. The van der Waals surface area contributed by atoms with E-state index < -0.39 is 0 Å². The van der Waals surface area contributed by atoms with Crippen LogP contribution in [-0.2, 0) is 6.61 Å². The van der Waals surface area contributed by atoms with Crippen molar-refractivity contribution < 1.29 is 5.11 Å². The third-order valence-corrected chi connectivity index (χ3v) is 4.72. The molecule has 1 heterocycles. The molecule has 0 saturated carbocycles. The summed E-state index contributed by atoms with van der Waals surface area (Å²) in [6.45, 7) is 6.88. The van der Waals surface area contributed by atoms with Crippen molar-refractivity contribution in [3.8, 4) is 0 Å². The van der Waals surface area contributed by atoms with Gasteiger partial charge in [-0.25, -0.2) is 0 Å². The molecule has 1 N–H and O–H groups in total. The topological polar surface area (TPSA) is 20.2 Å². The number of thioether (sulfide) groups is 1. The molecule has 1 unspecified atom stereocenters. The SMILES string of the molecule is CC(C)C(C)Sc1ccc(CO)s1. The normalized spacial score (nSPS) is 13.6. The fraction of sp³-hybridized carbons (Fsp3) is 0.600. The Balaban J connectivity index is 2.53. The lowest BCUT2D eigenvalue weighted by Crippen LogP contribution is -2.04. The van der Waals surface area contributed by atoms with E-state index in [-0.39, 0.29) is 6.61 Å². The van der Waals surface area contributed by atoms with Gasteiger partial charge in [0.25, 0.3) is 0 Å². The molecule has 0 aliphatic rings. The van der Waals surface area contributed by atoms with E-state index in [1.54, 1.807) is 11.3 Å². The molecule has 0 aromatic carbocycles. The maximum atomic E-state index is 8.90. The molecule has 0 saturated heterocycles. The second-order valence-electron chi connectivity index (χ2n) is 3.45. The van der Waals surface area contributed by atoms with Gasteiger partial charge in [-0.05, 0) is 18.1 Å². The summed E-state index contributed by atoms with van der Waals surface area (Å²) in [4.78, 5) is 1.05. The summed E-state index contributed by atoms with van der Waals surface area (Å²) in [6.07, 6.45) is 0. The van der Waals surface area contributed by atoms with Crippen LogP contribution in [-0.4, -0.2) is 10.4 Å². The van der Waals surface area contributed by atoms with Gasteiger partial charge in [0.05, 0.1) is 10.8 Å². The zero-order valence-corrected chi connectivity index (χ0v) is 9.91. The summed E-state index contributed by atoms with van der Waals surface area (Å²) in [5.74, 6) is 0.699. The van der Waals surface area contributed by atoms with Gasteiger partial charge in [0.1, 0.15) is 0 Å². The van der Waals surface area contributed by atoms with Gasteiger partial charge in [0, 0.05) is 10.1 Å². The number of hydrogen-bond acceptors (Lipinski definition) is 3. The maximum absolute atomic E-state index is 8.90. The van der Waals surface area contributed by atoms with Crippen molar-refractivity contribution in [3.05, 3.63) is 17.0 Å². The molecular formula is C10H16OS2. The van der Waals surface area contributed by atoms with E-state index in [9.17, 15) is 0 Å². The summed E-state index contributed by atoms with van der Waals surface area (Å²) in [5.41, 5.74) is 0. The summed E-state index contributed by atoms with van der Waals surface area (Å²) < 4.78 is 1.31. The van der Waals surface area contributed by atoms with Crippen LogP contribution in [0.25, 0.3) is 0 Å². The van der Waals surface area contributed by atoms with Crippen molar-refractivity contribution in [1.29, 1.82) is 0 Å². The van der Waals surface area contributed by atoms with E-state index in [2.05, 4.69) is 26.8 Å². The minimum Gasteiger partial charge on any atom is -0.391 e. The molecule has 1 aromatic rings. The highest BCUT2D eigenvalue weighted by Crippen LogP contribution is 2.33. The number of hydrogen-bond donors (Lipinski definition) is 1. The lowest BCUT2D eigenvalue weighted by Gasteiger charge is -2.12. The summed E-state index contributed by atoms with van der Waals surface area (Å²) in [5, 5.41) is 9.54. The van der Waals surface area contributed by atoms with E-state index in [4.69, 9.17) is 5.11 Å². The fourth-order valence-electron chi connectivity index (χ4n) is 0.826. The average molecular weight is 216 g/mol. The van der Waals surface area contributed by atoms with Crippen molar-refractivity contribution in [2.24, 2.45) is 5.92 Å². The van der Waals surface area contributed by atoms with Gasteiger partial charge in [0.2, 0.25) is 0 Å². The number of aliphatic hydroxyl groups excluding tert-OH is 1. The van der Waals surface area contributed by atoms with Crippen molar-refractivity contribution in [1.82, 2.24) is 0 Å². The van der Waals surface area contributed by atoms with Crippen molar-refractivity contribution in [2.75, 3.05) is 0 Å². The Morgan fingerprint density at radius 2 is 2.08 bits per heavy atom. The first-order valence-electron chi connectivity index (χ1n) is 4.49. The first-order valence-corrected chi connectivity index (χ1v) is 6.19. The summed E-state index contributed by atoms with van der Waals surface area (Å²) in [7, 11) is 0. The van der Waals surface area contributed by atoms with Gasteiger partial charge in [-0.2, -0.15) is 0 Å². The Morgan fingerprint density at radius 3 is 2.54 bits per heavy atom. The molecule has 13 heavy (non-hydrogen) atoms. The molecule has 0 radical (unpaired) electrons. The van der Waals surface area contributed by atoms with E-state index in [0.717, 1.165) is 4.88 Å². The lowest BCUT2D eigenvalue weighted by atomic mass is 10.2. The summed E-state index contributed by atoms with van der Waals surface area (Å²) >= 11 is 3.59. The van der Waals surface area contributed by atoms with E-state index >= 15 is 0 Å². The molecule has 1 rings (SSSR count). The molecule has 0 fully saturated rings. The number of aliphatic hydroxyl groups is 1. The van der Waals surface area contributed by atoms with Crippen LogP contribution in [0.15, 0.2) is 16.3 Å². The van der Waals surface area contributed by atoms with Crippen LogP contribution < -0.4 is 0 Å². The van der Waals surface area contributed by atoms with Crippen LogP contribution in [0.2, 0.25) is 0 Å². The predicted octanol–water partition coefficient (Wildman–Crippen LogP) is 3.38. The molecule has 0 amide bonds. The maximum Gasteiger partial charge on any atom is 0.0774 e. The molecule has 1 aromatic heterocycles. The third kappa shape index (κ3) is 3.33. The fourth-order valence-corrected chi connectivity index (χ4v) is 3.18. The van der Waals surface area contributed by atoms with Crippen LogP contribution >= 0.6 is 23.1 Å². The monoisotopic (exact) mass is 216 g/mol. The van der Waals surface area contributed by atoms with Crippen LogP contribution in [0.5, 0.6) is 0 Å². The van der Waals surface area contributed by atoms with Gasteiger partial charge in [-0.15, -0.1) is 23.1 Å². The number of thiophene rings is 1. The molecule has 0 spiro atoms. The Morgan fingerprint density at radius 1 is 1.38 bits per heavy atom. The molecule has 1 atom stereocenters. The minimum absolute atomic E-state index is 0.168. The van der Waals surface area contributed by atoms with E-state index in [0.29, 0.717) is 11.2 Å². The van der Waals surface area contributed by atoms with Gasteiger partial charge in [-0.3, -0.25) is 0 Å². The second kappa shape index (κ2) is 5.03. The average Bonchev–Trinajstić information content (AvgIpc) is 2.52. The first kappa shape index (κ1) is 11.1. The Hall–Kier alpha value is 0.01000. The molecule has 74 valence electrons. The minimum atomic E-state index is 0.168. The quantitative estimate of drug-likeness (QED) is 0.779. The number of rotatable bonds is 4. The highest BCUT2D eigenvalue weighted by atomic mass is 32.2. The van der Waals surface area contributed by atoms with Crippen molar-refractivity contribution in [2.45, 2.75) is 36.8 Å². The van der Waals surface area contributed by atoms with Gasteiger partial charge in [0.15, 0.2) is 0 Å². The molecule has 3 heteroatoms. The first-order chi connectivity index (χ1) is 6.13. The van der Waals surface area contributed by atoms with Crippen LogP contribution in [0.1, 0.15) is 25.6 Å². The third-order valence-electron chi connectivity index (χ3n) is 2.03. The lowest BCUT2D eigenvalue weighted by molar-refractivity contribution is 0.285. The molecular weight excluding hydrogens is 200 g/mol. The van der Waals surface area contributed by atoms with Gasteiger partial charge >= 0.3 is 0 Å². The molecule has 1 nitrogen and oxygen atoms in total. The highest BCUT2D eigenvalue weighted by molar-refractivity contribution is 8.01. The molecule has 0 aliphatic carbocycles. The zero-order valence-electron chi connectivity index (χ0n) is 8.28. The van der Waals surface area contributed by atoms with Gasteiger partial charge < -0.3 is 5.11 Å². The van der Waals surface area contributed by atoms with Gasteiger partial charge in [-0.1, -0.05) is 20.8 Å². The largest absolute Gasteiger partial charge is 0.391 e. The van der Waals surface area contributed by atoms with E-state index in [1.807, 2.05) is 17.8 Å². The molecule has 0 aliphatic heterocycles. The summed E-state index contributed by atoms with van der Waals surface area (Å²) in [6, 6.07) is 4.10. The Kier molecular flexibility index (Phi) is 4.29.